The maximum atomic E-state index is 13.2. The summed E-state index contributed by atoms with van der Waals surface area (Å²) in [5, 5.41) is 7.17. The van der Waals surface area contributed by atoms with Gasteiger partial charge < -0.3 is 14.7 Å². The van der Waals surface area contributed by atoms with Gasteiger partial charge in [0.15, 0.2) is 0 Å². The predicted molar refractivity (Wildman–Crippen MR) is 133 cm³/mol. The zero-order valence-electron chi connectivity index (χ0n) is 20.1. The maximum Gasteiger partial charge on any atom is 0.255 e. The number of piperidine rings is 1. The number of benzene rings is 2. The fraction of sp³-hybridized carbons (Fsp3) is 0.407. The van der Waals surface area contributed by atoms with Gasteiger partial charge in [0, 0.05) is 25.2 Å². The number of carbonyl (C=O) groups excluding carboxylic acids is 2. The lowest BCUT2D eigenvalue weighted by Crippen LogP contribution is -2.40. The van der Waals surface area contributed by atoms with Gasteiger partial charge in [0.05, 0.1) is 23.7 Å². The van der Waals surface area contributed by atoms with E-state index in [4.69, 9.17) is 4.52 Å². The standard InChI is InChI=1S/C27H31N5O3/c1-19-8-6-9-20(16-19)25-29-24(35-30-25)18-31-13-7-10-21(17-31)26(33)28-23-12-3-2-11-22(23)27(34)32-14-4-5-15-32/h2-3,6,8-9,11-12,16,21H,4-5,7,10,13-15,17-18H2,1H3,(H,28,33). The highest BCUT2D eigenvalue weighted by molar-refractivity contribution is 6.04. The lowest BCUT2D eigenvalue weighted by Gasteiger charge is -2.31. The second kappa shape index (κ2) is 10.4. The van der Waals surface area contributed by atoms with E-state index in [2.05, 4.69) is 20.4 Å². The number of nitrogens with one attached hydrogen (secondary N) is 1. The first kappa shape index (κ1) is 23.2. The zero-order chi connectivity index (χ0) is 24.2. The largest absolute Gasteiger partial charge is 0.339 e. The molecule has 0 spiro atoms. The average molecular weight is 474 g/mol. The lowest BCUT2D eigenvalue weighted by atomic mass is 9.96. The first-order chi connectivity index (χ1) is 17.1. The van der Waals surface area contributed by atoms with Crippen molar-refractivity contribution in [1.82, 2.24) is 19.9 Å². The molecule has 8 nitrogen and oxygen atoms in total. The highest BCUT2D eigenvalue weighted by Crippen LogP contribution is 2.24. The Labute approximate surface area is 205 Å². The van der Waals surface area contributed by atoms with Crippen LogP contribution in [0.3, 0.4) is 0 Å². The smallest absolute Gasteiger partial charge is 0.255 e. The first-order valence-corrected chi connectivity index (χ1v) is 12.4. The zero-order valence-corrected chi connectivity index (χ0v) is 20.1. The highest BCUT2D eigenvalue weighted by Gasteiger charge is 2.28. The first-order valence-electron chi connectivity index (χ1n) is 12.4. The van der Waals surface area contributed by atoms with Crippen LogP contribution in [0, 0.1) is 12.8 Å². The summed E-state index contributed by atoms with van der Waals surface area (Å²) in [7, 11) is 0. The molecule has 3 heterocycles. The van der Waals surface area contributed by atoms with Crippen molar-refractivity contribution < 1.29 is 14.1 Å². The summed E-state index contributed by atoms with van der Waals surface area (Å²) in [5.41, 5.74) is 3.22. The van der Waals surface area contributed by atoms with E-state index in [1.807, 2.05) is 54.3 Å². The molecule has 1 unspecified atom stereocenters. The number of amides is 2. The number of rotatable bonds is 6. The van der Waals surface area contributed by atoms with Crippen LogP contribution in [0.1, 0.15) is 47.5 Å². The minimum atomic E-state index is -0.169. The predicted octanol–water partition coefficient (Wildman–Crippen LogP) is 4.13. The van der Waals surface area contributed by atoms with E-state index >= 15 is 0 Å². The Kier molecular flexibility index (Phi) is 6.90. The van der Waals surface area contributed by atoms with Crippen molar-refractivity contribution in [2.24, 2.45) is 5.92 Å². The van der Waals surface area contributed by atoms with Crippen molar-refractivity contribution in [3.05, 3.63) is 65.5 Å². The van der Waals surface area contributed by atoms with E-state index < -0.39 is 0 Å². The number of likely N-dealkylation sites (tertiary alicyclic amines) is 2. The Balaban J connectivity index is 1.22. The minimum absolute atomic E-state index is 0.00974. The topological polar surface area (TPSA) is 91.6 Å². The van der Waals surface area contributed by atoms with Gasteiger partial charge in [0.1, 0.15) is 0 Å². The fourth-order valence-corrected chi connectivity index (χ4v) is 4.93. The van der Waals surface area contributed by atoms with E-state index in [0.717, 1.165) is 56.4 Å². The third kappa shape index (κ3) is 5.43. The Morgan fingerprint density at radius 1 is 1.06 bits per heavy atom. The molecule has 35 heavy (non-hydrogen) atoms. The quantitative estimate of drug-likeness (QED) is 0.579. The number of aryl methyl sites for hydroxylation is 1. The number of para-hydroxylation sites is 1. The Bertz CT molecular complexity index is 1200. The molecule has 1 aromatic heterocycles. The average Bonchev–Trinajstić information content (AvgIpc) is 3.57. The van der Waals surface area contributed by atoms with Gasteiger partial charge in [-0.3, -0.25) is 14.5 Å². The van der Waals surface area contributed by atoms with Gasteiger partial charge in [-0.1, -0.05) is 41.1 Å². The molecular formula is C27H31N5O3. The van der Waals surface area contributed by atoms with Gasteiger partial charge in [-0.2, -0.15) is 4.98 Å². The van der Waals surface area contributed by atoms with Crippen molar-refractivity contribution in [2.75, 3.05) is 31.5 Å². The van der Waals surface area contributed by atoms with Crippen molar-refractivity contribution in [3.63, 3.8) is 0 Å². The molecular weight excluding hydrogens is 442 g/mol. The van der Waals surface area contributed by atoms with Crippen molar-refractivity contribution >= 4 is 17.5 Å². The SMILES string of the molecule is Cc1cccc(-c2noc(CN3CCCC(C(=O)Nc4ccccc4C(=O)N4CCCC4)C3)n2)c1. The van der Waals surface area contributed by atoms with Gasteiger partial charge >= 0.3 is 0 Å². The molecule has 0 radical (unpaired) electrons. The molecule has 2 fully saturated rings. The van der Waals surface area contributed by atoms with Crippen LogP contribution >= 0.6 is 0 Å². The lowest BCUT2D eigenvalue weighted by molar-refractivity contribution is -0.121. The Morgan fingerprint density at radius 2 is 1.89 bits per heavy atom. The second-order valence-corrected chi connectivity index (χ2v) is 9.49. The molecule has 182 valence electrons. The van der Waals surface area contributed by atoms with Crippen LogP contribution in [-0.4, -0.2) is 57.9 Å². The molecule has 2 saturated heterocycles. The molecule has 2 amide bonds. The van der Waals surface area contributed by atoms with Crippen molar-refractivity contribution in [2.45, 2.75) is 39.2 Å². The fourth-order valence-electron chi connectivity index (χ4n) is 4.93. The number of hydrogen-bond donors (Lipinski definition) is 1. The monoisotopic (exact) mass is 473 g/mol. The summed E-state index contributed by atoms with van der Waals surface area (Å²) >= 11 is 0. The van der Waals surface area contributed by atoms with E-state index in [-0.39, 0.29) is 17.7 Å². The molecule has 0 saturated carbocycles. The molecule has 1 N–H and O–H groups in total. The summed E-state index contributed by atoms with van der Waals surface area (Å²) in [6.07, 6.45) is 3.78. The molecule has 3 aromatic rings. The van der Waals surface area contributed by atoms with E-state index in [0.29, 0.717) is 36.1 Å². The van der Waals surface area contributed by atoms with Crippen LogP contribution in [-0.2, 0) is 11.3 Å². The third-order valence-corrected chi connectivity index (χ3v) is 6.79. The summed E-state index contributed by atoms with van der Waals surface area (Å²) < 4.78 is 5.50. The van der Waals surface area contributed by atoms with Crippen molar-refractivity contribution in [1.29, 1.82) is 0 Å². The van der Waals surface area contributed by atoms with Crippen molar-refractivity contribution in [3.8, 4) is 11.4 Å². The van der Waals surface area contributed by atoms with Gasteiger partial charge in [-0.05, 0) is 57.4 Å². The van der Waals surface area contributed by atoms with Gasteiger partial charge in [-0.25, -0.2) is 0 Å². The minimum Gasteiger partial charge on any atom is -0.339 e. The molecule has 5 rings (SSSR count). The normalized spacial score (nSPS) is 18.5. The second-order valence-electron chi connectivity index (χ2n) is 9.49. The summed E-state index contributed by atoms with van der Waals surface area (Å²) in [4.78, 5) is 34.7. The molecule has 1 atom stereocenters. The number of nitrogens with zero attached hydrogens (tertiary/aromatic N) is 4. The summed E-state index contributed by atoms with van der Waals surface area (Å²) in [6.45, 7) is 5.57. The molecule has 0 bridgehead atoms. The van der Waals surface area contributed by atoms with Gasteiger partial charge in [-0.15, -0.1) is 0 Å². The number of anilines is 1. The van der Waals surface area contributed by atoms with E-state index in [1.54, 1.807) is 6.07 Å². The molecule has 2 aliphatic rings. The molecule has 8 heteroatoms. The number of carbonyl (C=O) groups is 2. The summed E-state index contributed by atoms with van der Waals surface area (Å²) in [5.74, 6) is 0.892. The molecule has 2 aromatic carbocycles. The molecule has 0 aliphatic carbocycles. The number of hydrogen-bond acceptors (Lipinski definition) is 6. The Morgan fingerprint density at radius 3 is 2.71 bits per heavy atom. The van der Waals surface area contributed by atoms with Crippen LogP contribution in [0.15, 0.2) is 53.1 Å². The number of aromatic nitrogens is 2. The van der Waals surface area contributed by atoms with E-state index in [1.165, 1.54) is 0 Å². The molecule has 2 aliphatic heterocycles. The van der Waals surface area contributed by atoms with E-state index in [9.17, 15) is 9.59 Å². The van der Waals surface area contributed by atoms with Crippen LogP contribution in [0.2, 0.25) is 0 Å². The highest BCUT2D eigenvalue weighted by atomic mass is 16.5. The Hall–Kier alpha value is -3.52. The maximum absolute atomic E-state index is 13.2. The van der Waals surface area contributed by atoms with Gasteiger partial charge in [0.2, 0.25) is 17.6 Å². The summed E-state index contributed by atoms with van der Waals surface area (Å²) in [6, 6.07) is 15.3. The van der Waals surface area contributed by atoms with Crippen LogP contribution < -0.4 is 5.32 Å². The van der Waals surface area contributed by atoms with Crippen LogP contribution in [0.5, 0.6) is 0 Å². The van der Waals surface area contributed by atoms with Crippen LogP contribution in [0.4, 0.5) is 5.69 Å². The van der Waals surface area contributed by atoms with Gasteiger partial charge in [0.25, 0.3) is 5.91 Å². The van der Waals surface area contributed by atoms with Crippen LogP contribution in [0.25, 0.3) is 11.4 Å². The third-order valence-electron chi connectivity index (χ3n) is 6.79.